The Labute approximate surface area is 196 Å². The molecule has 4 N–H and O–H groups in total. The third-order valence-corrected chi connectivity index (χ3v) is 7.70. The third-order valence-electron chi connectivity index (χ3n) is 4.66. The van der Waals surface area contributed by atoms with E-state index in [2.05, 4.69) is 41.4 Å². The van der Waals surface area contributed by atoms with Gasteiger partial charge in [0, 0.05) is 51.0 Å². The van der Waals surface area contributed by atoms with Gasteiger partial charge in [-0.3, -0.25) is 9.89 Å². The van der Waals surface area contributed by atoms with Crippen molar-refractivity contribution in [1.29, 1.82) is 0 Å². The number of sulfonamides is 1. The van der Waals surface area contributed by atoms with Gasteiger partial charge in [-0.2, -0.15) is 5.10 Å². The van der Waals surface area contributed by atoms with Gasteiger partial charge in [0.15, 0.2) is 17.5 Å². The fourth-order valence-corrected chi connectivity index (χ4v) is 5.23. The van der Waals surface area contributed by atoms with E-state index in [1.54, 1.807) is 6.07 Å². The second-order valence-electron chi connectivity index (χ2n) is 7.21. The lowest BCUT2D eigenvalue weighted by Crippen LogP contribution is -2.33. The molecule has 0 bridgehead atoms. The molecular formula is C20H31N7O3S2. The number of H-pyrrole nitrogens is 1. The number of thiophene rings is 1. The van der Waals surface area contributed by atoms with Crippen LogP contribution in [0.3, 0.4) is 0 Å². The fourth-order valence-electron chi connectivity index (χ4n) is 2.91. The van der Waals surface area contributed by atoms with Crippen molar-refractivity contribution in [2.45, 2.75) is 29.9 Å². The lowest BCUT2D eigenvalue weighted by atomic mass is 10.3. The first kappa shape index (κ1) is 21.9. The van der Waals surface area contributed by atoms with Gasteiger partial charge in [0.1, 0.15) is 4.21 Å². The summed E-state index contributed by atoms with van der Waals surface area (Å²) in [6.45, 7) is 1.66. The molecule has 3 aromatic heterocycles. The fraction of sp³-hybridized carbons (Fsp3) is 0.300. The van der Waals surface area contributed by atoms with Crippen LogP contribution in [0.15, 0.2) is 28.6 Å². The van der Waals surface area contributed by atoms with Crippen LogP contribution in [0, 0.1) is 12.3 Å². The number of terminal acetylenes is 1. The molecule has 10 nitrogen and oxygen atoms in total. The molecule has 0 unspecified atom stereocenters. The van der Waals surface area contributed by atoms with Crippen LogP contribution >= 0.6 is 11.3 Å². The van der Waals surface area contributed by atoms with Gasteiger partial charge in [0.25, 0.3) is 0 Å². The number of hydrogen-bond donors (Lipinski definition) is 4. The molecule has 0 radical (unpaired) electrons. The minimum Gasteiger partial charge on any atom is -0.355 e. The molecule has 0 aliphatic heterocycles. The highest BCUT2D eigenvalue weighted by molar-refractivity contribution is 7.91. The topological polar surface area (TPSA) is 142 Å². The van der Waals surface area contributed by atoms with Crippen LogP contribution in [0.5, 0.6) is 0 Å². The second kappa shape index (κ2) is 9.07. The molecule has 1 fully saturated rings. The van der Waals surface area contributed by atoms with Crippen molar-refractivity contribution >= 4 is 38.9 Å². The number of nitrogens with one attached hydrogen (secondary N) is 4. The molecular weight excluding hydrogens is 450 g/mol. The molecule has 3 aromatic rings. The van der Waals surface area contributed by atoms with E-state index in [0.29, 0.717) is 33.8 Å². The number of nitrogens with zero attached hydrogens (tertiary/aromatic N) is 3. The number of aromatic amines is 1. The molecule has 1 aliphatic rings. The van der Waals surface area contributed by atoms with Gasteiger partial charge < -0.3 is 10.6 Å². The van der Waals surface area contributed by atoms with Crippen molar-refractivity contribution in [2.75, 3.05) is 18.4 Å². The Hall–Kier alpha value is -3.27. The van der Waals surface area contributed by atoms with Crippen LogP contribution in [0.25, 0.3) is 10.7 Å². The summed E-state index contributed by atoms with van der Waals surface area (Å²) >= 11 is 1.04. The van der Waals surface area contributed by atoms with E-state index in [1.165, 1.54) is 19.2 Å². The van der Waals surface area contributed by atoms with Crippen molar-refractivity contribution in [2.24, 2.45) is 0 Å². The normalized spacial score (nSPS) is 13.5. The molecule has 12 heteroatoms. The Morgan fingerprint density at radius 1 is 1.38 bits per heavy atom. The molecule has 4 rings (SSSR count). The van der Waals surface area contributed by atoms with E-state index in [4.69, 9.17) is 6.42 Å². The summed E-state index contributed by atoms with van der Waals surface area (Å²) < 4.78 is 27.5. The molecule has 0 saturated heterocycles. The Kier molecular flexibility index (Phi) is 6.22. The first-order valence-electron chi connectivity index (χ1n) is 9.86. The number of amides is 1. The van der Waals surface area contributed by atoms with Crippen LogP contribution in [0.1, 0.15) is 44.1 Å². The number of anilines is 2. The number of hydrogen-bond acceptors (Lipinski definition) is 8. The zero-order valence-electron chi connectivity index (χ0n) is 17.2. The van der Waals surface area contributed by atoms with Gasteiger partial charge in [-0.15, -0.1) is 17.8 Å². The predicted molar refractivity (Wildman–Crippen MR) is 132 cm³/mol. The summed E-state index contributed by atoms with van der Waals surface area (Å²) in [4.78, 5) is 20.2. The van der Waals surface area contributed by atoms with Gasteiger partial charge in [0.05, 0.1) is 10.4 Å². The molecule has 1 aliphatic carbocycles. The number of carbonyl (C=O) groups excluding carboxylic acids is 1. The first-order valence-corrected chi connectivity index (χ1v) is 12.2. The van der Waals surface area contributed by atoms with Gasteiger partial charge in [-0.25, -0.2) is 23.1 Å². The average Bonchev–Trinajstić information content (AvgIpc) is 3.29. The average molecular weight is 482 g/mol. The van der Waals surface area contributed by atoms with Gasteiger partial charge in [-0.1, -0.05) is 5.92 Å². The summed E-state index contributed by atoms with van der Waals surface area (Å²) in [5, 5.41) is 12.9. The van der Waals surface area contributed by atoms with Crippen molar-refractivity contribution in [3.8, 4) is 23.0 Å². The minimum absolute atomic E-state index is 0. The van der Waals surface area contributed by atoms with E-state index in [0.717, 1.165) is 29.9 Å². The standard InChI is InChI=1S/C20H21N7O3S2.5H2/c1-3-13-11-22-20(25-19(13)24-17-10-15(26-27-17)14-4-5-14)16-6-7-18(31-16)32(29,30)23-9-8-21-12(2)28;;;;;/h1,6-7,10-11,14,23H,4-5,8-9H2,2H3,(H,21,28)(H2,22,24,25,26,27);5*1H. The lowest BCUT2D eigenvalue weighted by molar-refractivity contribution is -0.118. The maximum Gasteiger partial charge on any atom is 0.250 e. The van der Waals surface area contributed by atoms with E-state index in [1.807, 2.05) is 6.07 Å². The number of rotatable bonds is 9. The minimum atomic E-state index is -3.72. The van der Waals surface area contributed by atoms with Crippen LogP contribution in [0.4, 0.5) is 11.6 Å². The SMILES string of the molecule is C#Cc1cnc(-c2ccc(S(=O)(=O)NCCNC(C)=O)s2)nc1Nc1cc(C2CC2)[nH]n1.[HH].[HH].[HH].[HH].[HH]. The Morgan fingerprint density at radius 2 is 2.19 bits per heavy atom. The summed E-state index contributed by atoms with van der Waals surface area (Å²) in [6.07, 6.45) is 9.40. The summed E-state index contributed by atoms with van der Waals surface area (Å²) in [6, 6.07) is 5.06. The summed E-state index contributed by atoms with van der Waals surface area (Å²) in [5.74, 6) is 4.21. The zero-order valence-corrected chi connectivity index (χ0v) is 18.8. The van der Waals surface area contributed by atoms with E-state index in [-0.39, 0.29) is 30.3 Å². The molecule has 0 aromatic carbocycles. The van der Waals surface area contributed by atoms with Crippen molar-refractivity contribution in [3.63, 3.8) is 0 Å². The molecule has 1 saturated carbocycles. The van der Waals surface area contributed by atoms with E-state index >= 15 is 0 Å². The maximum atomic E-state index is 12.5. The van der Waals surface area contributed by atoms with Crippen molar-refractivity contribution in [1.82, 2.24) is 30.2 Å². The molecule has 1 amide bonds. The van der Waals surface area contributed by atoms with Crippen LogP contribution in [0.2, 0.25) is 0 Å². The largest absolute Gasteiger partial charge is 0.355 e. The highest BCUT2D eigenvalue weighted by Crippen LogP contribution is 2.39. The van der Waals surface area contributed by atoms with E-state index in [9.17, 15) is 13.2 Å². The van der Waals surface area contributed by atoms with Gasteiger partial charge in [-0.05, 0) is 25.0 Å². The van der Waals surface area contributed by atoms with E-state index < -0.39 is 10.0 Å². The Bertz CT molecular complexity index is 1310. The summed E-state index contributed by atoms with van der Waals surface area (Å²) in [5.41, 5.74) is 1.54. The highest BCUT2D eigenvalue weighted by atomic mass is 32.2. The molecule has 0 atom stereocenters. The van der Waals surface area contributed by atoms with Crippen LogP contribution < -0.4 is 15.4 Å². The zero-order chi connectivity index (χ0) is 22.7. The number of carbonyl (C=O) groups is 1. The Morgan fingerprint density at radius 3 is 2.91 bits per heavy atom. The molecule has 0 spiro atoms. The van der Waals surface area contributed by atoms with Gasteiger partial charge >= 0.3 is 0 Å². The maximum absolute atomic E-state index is 12.5. The third kappa shape index (κ3) is 5.13. The predicted octanol–water partition coefficient (Wildman–Crippen LogP) is 3.17. The monoisotopic (exact) mass is 481 g/mol. The highest BCUT2D eigenvalue weighted by Gasteiger charge is 2.25. The van der Waals surface area contributed by atoms with Crippen molar-refractivity contribution in [3.05, 3.63) is 35.7 Å². The second-order valence-corrected chi connectivity index (χ2v) is 10.3. The molecule has 3 heterocycles. The number of aromatic nitrogens is 4. The van der Waals surface area contributed by atoms with Crippen molar-refractivity contribution < 1.29 is 20.3 Å². The van der Waals surface area contributed by atoms with Crippen LogP contribution in [-0.2, 0) is 14.8 Å². The van der Waals surface area contributed by atoms with Gasteiger partial charge in [0.2, 0.25) is 15.9 Å². The molecule has 176 valence electrons. The summed E-state index contributed by atoms with van der Waals surface area (Å²) in [7, 11) is -3.72. The first-order chi connectivity index (χ1) is 15.4. The smallest absolute Gasteiger partial charge is 0.250 e. The Balaban J connectivity index is 0. The lowest BCUT2D eigenvalue weighted by Gasteiger charge is -2.06. The quantitative estimate of drug-likeness (QED) is 0.272. The van der Waals surface area contributed by atoms with Crippen LogP contribution in [-0.4, -0.2) is 47.6 Å². The molecule has 32 heavy (non-hydrogen) atoms.